The number of ether oxygens (including phenoxy) is 1. The Kier molecular flexibility index (Phi) is 5.20. The molecule has 2 rings (SSSR count). The molecule has 0 saturated heterocycles. The zero-order valence-corrected chi connectivity index (χ0v) is 12.4. The van der Waals surface area contributed by atoms with Crippen molar-refractivity contribution in [2.24, 2.45) is 0 Å². The number of amides is 1. The van der Waals surface area contributed by atoms with Crippen LogP contribution >= 0.6 is 22.6 Å². The molecule has 2 aromatic rings. The fraction of sp³-hybridized carbons (Fsp3) is 0.231. The molecule has 19 heavy (non-hydrogen) atoms. The molecule has 6 heteroatoms. The van der Waals surface area contributed by atoms with Crippen molar-refractivity contribution < 1.29 is 9.53 Å². The van der Waals surface area contributed by atoms with Crippen molar-refractivity contribution >= 4 is 28.7 Å². The van der Waals surface area contributed by atoms with Crippen LogP contribution in [0.4, 0.5) is 4.79 Å². The highest BCUT2D eigenvalue weighted by Crippen LogP contribution is 2.01. The Morgan fingerprint density at radius 1 is 1.37 bits per heavy atom. The molecule has 0 aliphatic rings. The molecule has 0 aliphatic heterocycles. The molecule has 1 aromatic heterocycles. The average molecular weight is 371 g/mol. The van der Waals surface area contributed by atoms with E-state index in [4.69, 9.17) is 4.74 Å². The lowest BCUT2D eigenvalue weighted by Gasteiger charge is -2.07. The Morgan fingerprint density at radius 3 is 2.84 bits per heavy atom. The molecule has 5 nitrogen and oxygen atoms in total. The Hall–Kier alpha value is -1.57. The van der Waals surface area contributed by atoms with E-state index in [-0.39, 0.29) is 6.61 Å². The summed E-state index contributed by atoms with van der Waals surface area (Å²) < 4.78 is 7.94. The summed E-state index contributed by atoms with van der Waals surface area (Å²) in [6, 6.07) is 9.58. The summed E-state index contributed by atoms with van der Waals surface area (Å²) in [5.41, 5.74) is 0.972. The van der Waals surface area contributed by atoms with Gasteiger partial charge in [-0.1, -0.05) is 30.3 Å². The number of benzene rings is 1. The number of nitrogens with one attached hydrogen (secondary N) is 1. The zero-order chi connectivity index (χ0) is 13.5. The number of hydrogen-bond donors (Lipinski definition) is 1. The largest absolute Gasteiger partial charge is 0.445 e. The van der Waals surface area contributed by atoms with Crippen LogP contribution in [0, 0.1) is 3.57 Å². The Labute approximate surface area is 125 Å². The molecular weight excluding hydrogens is 357 g/mol. The molecule has 0 atom stereocenters. The first-order chi connectivity index (χ1) is 9.24. The van der Waals surface area contributed by atoms with E-state index in [9.17, 15) is 4.79 Å². The van der Waals surface area contributed by atoms with Crippen LogP contribution in [0.5, 0.6) is 0 Å². The number of nitrogens with zero attached hydrogens (tertiary/aromatic N) is 2. The summed E-state index contributed by atoms with van der Waals surface area (Å²) in [5.74, 6) is 0. The SMILES string of the molecule is O=C(NCCn1cc(I)cn1)OCc1ccccc1. The van der Waals surface area contributed by atoms with Crippen LogP contribution in [0.15, 0.2) is 42.7 Å². The highest BCUT2D eigenvalue weighted by atomic mass is 127. The molecule has 0 bridgehead atoms. The van der Waals surface area contributed by atoms with Gasteiger partial charge in [-0.05, 0) is 28.2 Å². The van der Waals surface area contributed by atoms with Crippen molar-refractivity contribution in [2.45, 2.75) is 13.2 Å². The van der Waals surface area contributed by atoms with Crippen molar-refractivity contribution in [2.75, 3.05) is 6.54 Å². The second kappa shape index (κ2) is 7.13. The van der Waals surface area contributed by atoms with Crippen molar-refractivity contribution in [1.29, 1.82) is 0 Å². The maximum atomic E-state index is 11.4. The van der Waals surface area contributed by atoms with Gasteiger partial charge < -0.3 is 10.1 Å². The molecule has 1 heterocycles. The standard InChI is InChI=1S/C13H14IN3O2/c14-12-8-16-17(9-12)7-6-15-13(18)19-10-11-4-2-1-3-5-11/h1-5,8-9H,6-7,10H2,(H,15,18). The van der Waals surface area contributed by atoms with Crippen molar-refractivity contribution in [1.82, 2.24) is 15.1 Å². The van der Waals surface area contributed by atoms with Crippen LogP contribution in [0.1, 0.15) is 5.56 Å². The quantitative estimate of drug-likeness (QED) is 0.822. The van der Waals surface area contributed by atoms with Gasteiger partial charge in [0.25, 0.3) is 0 Å². The van der Waals surface area contributed by atoms with Crippen LogP contribution in [-0.4, -0.2) is 22.4 Å². The number of rotatable bonds is 5. The van der Waals surface area contributed by atoms with Gasteiger partial charge in [0.1, 0.15) is 6.61 Å². The molecule has 0 saturated carbocycles. The lowest BCUT2D eigenvalue weighted by molar-refractivity contribution is 0.139. The van der Waals surface area contributed by atoms with E-state index < -0.39 is 6.09 Å². The molecule has 1 N–H and O–H groups in total. The lowest BCUT2D eigenvalue weighted by Crippen LogP contribution is -2.27. The number of aromatic nitrogens is 2. The molecule has 0 fully saturated rings. The minimum atomic E-state index is -0.411. The topological polar surface area (TPSA) is 56.2 Å². The smallest absolute Gasteiger partial charge is 0.407 e. The fourth-order valence-corrected chi connectivity index (χ4v) is 1.95. The highest BCUT2D eigenvalue weighted by molar-refractivity contribution is 14.1. The predicted molar refractivity (Wildman–Crippen MR) is 79.6 cm³/mol. The van der Waals surface area contributed by atoms with Gasteiger partial charge >= 0.3 is 6.09 Å². The fourth-order valence-electron chi connectivity index (χ4n) is 1.51. The minimum Gasteiger partial charge on any atom is -0.445 e. The molecule has 1 aromatic carbocycles. The van der Waals surface area contributed by atoms with E-state index in [0.717, 1.165) is 9.13 Å². The van der Waals surface area contributed by atoms with Crippen LogP contribution in [0.25, 0.3) is 0 Å². The van der Waals surface area contributed by atoms with Crippen LogP contribution < -0.4 is 5.32 Å². The van der Waals surface area contributed by atoms with E-state index in [2.05, 4.69) is 33.0 Å². The average Bonchev–Trinajstić information content (AvgIpc) is 2.83. The van der Waals surface area contributed by atoms with Crippen molar-refractivity contribution in [3.8, 4) is 0 Å². The first-order valence-electron chi connectivity index (χ1n) is 5.86. The van der Waals surface area contributed by atoms with Gasteiger partial charge in [-0.3, -0.25) is 4.68 Å². The molecular formula is C13H14IN3O2. The third-order valence-corrected chi connectivity index (χ3v) is 2.98. The van der Waals surface area contributed by atoms with Gasteiger partial charge in [0.15, 0.2) is 0 Å². The molecule has 1 amide bonds. The molecule has 0 radical (unpaired) electrons. The monoisotopic (exact) mass is 371 g/mol. The normalized spacial score (nSPS) is 10.2. The van der Waals surface area contributed by atoms with Crippen molar-refractivity contribution in [3.05, 3.63) is 51.9 Å². The van der Waals surface area contributed by atoms with Gasteiger partial charge in [0.2, 0.25) is 0 Å². The third-order valence-electron chi connectivity index (χ3n) is 2.42. The first-order valence-corrected chi connectivity index (χ1v) is 6.94. The van der Waals surface area contributed by atoms with E-state index in [1.807, 2.05) is 36.5 Å². The number of alkyl carbamates (subject to hydrolysis) is 1. The Balaban J connectivity index is 1.65. The Bertz CT molecular complexity index is 528. The summed E-state index contributed by atoms with van der Waals surface area (Å²) in [6.07, 6.45) is 3.27. The number of carbonyl (C=O) groups excluding carboxylic acids is 1. The molecule has 100 valence electrons. The van der Waals surface area contributed by atoms with E-state index >= 15 is 0 Å². The summed E-state index contributed by atoms with van der Waals surface area (Å²) in [5, 5.41) is 6.81. The second-order valence-corrected chi connectivity index (χ2v) is 5.16. The van der Waals surface area contributed by atoms with Crippen LogP contribution in [0.2, 0.25) is 0 Å². The minimum absolute atomic E-state index is 0.284. The maximum absolute atomic E-state index is 11.4. The number of hydrogen-bond acceptors (Lipinski definition) is 3. The van der Waals surface area contributed by atoms with Gasteiger partial charge in [-0.2, -0.15) is 5.10 Å². The van der Waals surface area contributed by atoms with E-state index in [1.165, 1.54) is 0 Å². The lowest BCUT2D eigenvalue weighted by atomic mass is 10.2. The molecule has 0 spiro atoms. The second-order valence-electron chi connectivity index (χ2n) is 3.91. The number of halogens is 1. The van der Waals surface area contributed by atoms with Crippen LogP contribution in [-0.2, 0) is 17.9 Å². The number of carbonyl (C=O) groups is 1. The summed E-state index contributed by atoms with van der Waals surface area (Å²) in [4.78, 5) is 11.4. The van der Waals surface area contributed by atoms with Gasteiger partial charge in [0.05, 0.1) is 16.3 Å². The predicted octanol–water partition coefficient (Wildman–Crippen LogP) is 2.41. The Morgan fingerprint density at radius 2 is 2.16 bits per heavy atom. The first kappa shape index (κ1) is 13.9. The van der Waals surface area contributed by atoms with E-state index in [0.29, 0.717) is 13.1 Å². The summed E-state index contributed by atoms with van der Waals surface area (Å²) in [7, 11) is 0. The zero-order valence-electron chi connectivity index (χ0n) is 10.3. The molecule has 0 aliphatic carbocycles. The van der Waals surface area contributed by atoms with Gasteiger partial charge in [-0.15, -0.1) is 0 Å². The molecule has 0 unspecified atom stereocenters. The summed E-state index contributed by atoms with van der Waals surface area (Å²) >= 11 is 2.19. The maximum Gasteiger partial charge on any atom is 0.407 e. The van der Waals surface area contributed by atoms with Crippen molar-refractivity contribution in [3.63, 3.8) is 0 Å². The van der Waals surface area contributed by atoms with Gasteiger partial charge in [-0.25, -0.2) is 4.79 Å². The van der Waals surface area contributed by atoms with Crippen LogP contribution in [0.3, 0.4) is 0 Å². The summed E-state index contributed by atoms with van der Waals surface area (Å²) in [6.45, 7) is 1.40. The van der Waals surface area contributed by atoms with Gasteiger partial charge in [0, 0.05) is 12.7 Å². The highest BCUT2D eigenvalue weighted by Gasteiger charge is 2.02. The third kappa shape index (κ3) is 4.90. The van der Waals surface area contributed by atoms with E-state index in [1.54, 1.807) is 10.9 Å².